The van der Waals surface area contributed by atoms with E-state index in [1.54, 1.807) is 0 Å². The minimum absolute atomic E-state index is 0.555. The lowest BCUT2D eigenvalue weighted by Crippen LogP contribution is -2.13. The normalized spacial score (nSPS) is 15.7. The second kappa shape index (κ2) is 4.37. The molecule has 0 saturated carbocycles. The summed E-state index contributed by atoms with van der Waals surface area (Å²) in [4.78, 5) is 3.57. The highest BCUT2D eigenvalue weighted by Crippen LogP contribution is 2.28. The van der Waals surface area contributed by atoms with Gasteiger partial charge < -0.3 is 15.0 Å². The van der Waals surface area contributed by atoms with Gasteiger partial charge in [0.1, 0.15) is 0 Å². The Bertz CT molecular complexity index is 342. The van der Waals surface area contributed by atoms with Gasteiger partial charge in [0.2, 0.25) is 0 Å². The fourth-order valence-corrected chi connectivity index (χ4v) is 2.27. The molecule has 2 N–H and O–H groups in total. The molecule has 3 heteroatoms. The van der Waals surface area contributed by atoms with Crippen LogP contribution in [0.1, 0.15) is 42.3 Å². The molecular formula is C12H20N2O. The quantitative estimate of drug-likeness (QED) is 0.796. The smallest absolute Gasteiger partial charge is 0.0737 e. The molecule has 84 valence electrons. The average molecular weight is 208 g/mol. The number of ether oxygens (including phenoxy) is 1. The third-order valence-electron chi connectivity index (χ3n) is 3.01. The van der Waals surface area contributed by atoms with Crippen molar-refractivity contribution in [3.63, 3.8) is 0 Å². The molecule has 1 aliphatic heterocycles. The third-order valence-corrected chi connectivity index (χ3v) is 3.01. The third kappa shape index (κ3) is 1.94. The Labute approximate surface area is 91.2 Å². The van der Waals surface area contributed by atoms with Crippen molar-refractivity contribution < 1.29 is 4.74 Å². The van der Waals surface area contributed by atoms with Crippen LogP contribution in [0, 0.1) is 0 Å². The van der Waals surface area contributed by atoms with E-state index in [0.717, 1.165) is 26.2 Å². The fourth-order valence-electron chi connectivity index (χ4n) is 2.27. The summed E-state index contributed by atoms with van der Waals surface area (Å²) in [5.74, 6) is 0.555. The number of H-pyrrole nitrogens is 1. The summed E-state index contributed by atoms with van der Waals surface area (Å²) in [6.07, 6.45) is 1.03. The highest BCUT2D eigenvalue weighted by atomic mass is 16.5. The van der Waals surface area contributed by atoms with Crippen molar-refractivity contribution in [2.75, 3.05) is 13.7 Å². The van der Waals surface area contributed by atoms with Crippen LogP contribution in [0.25, 0.3) is 0 Å². The molecule has 15 heavy (non-hydrogen) atoms. The van der Waals surface area contributed by atoms with Gasteiger partial charge in [0.25, 0.3) is 0 Å². The van der Waals surface area contributed by atoms with Crippen molar-refractivity contribution >= 4 is 0 Å². The van der Waals surface area contributed by atoms with Crippen LogP contribution in [0.2, 0.25) is 0 Å². The minimum atomic E-state index is 0.555. The number of rotatable bonds is 3. The Morgan fingerprint density at radius 2 is 2.27 bits per heavy atom. The summed E-state index contributed by atoms with van der Waals surface area (Å²) in [6.45, 7) is 7.02. The molecular weight excluding hydrogens is 188 g/mol. The van der Waals surface area contributed by atoms with Gasteiger partial charge in [0, 0.05) is 29.9 Å². The van der Waals surface area contributed by atoms with Crippen molar-refractivity contribution in [1.82, 2.24) is 10.3 Å². The van der Waals surface area contributed by atoms with Crippen molar-refractivity contribution in [2.24, 2.45) is 0 Å². The van der Waals surface area contributed by atoms with Gasteiger partial charge in [-0.3, -0.25) is 0 Å². The molecule has 3 nitrogen and oxygen atoms in total. The molecule has 0 unspecified atom stereocenters. The zero-order valence-electron chi connectivity index (χ0n) is 9.81. The van der Waals surface area contributed by atoms with E-state index in [1.165, 1.54) is 22.5 Å². The average Bonchev–Trinajstić information content (AvgIpc) is 2.58. The maximum absolute atomic E-state index is 5.53. The first-order chi connectivity index (χ1) is 7.24. The van der Waals surface area contributed by atoms with E-state index in [1.807, 2.05) is 7.05 Å². The van der Waals surface area contributed by atoms with E-state index in [0.29, 0.717) is 5.92 Å². The second-order valence-electron chi connectivity index (χ2n) is 4.46. The van der Waals surface area contributed by atoms with E-state index in [4.69, 9.17) is 4.74 Å². The molecule has 0 bridgehead atoms. The summed E-state index contributed by atoms with van der Waals surface area (Å²) in [5, 5.41) is 3.24. The summed E-state index contributed by atoms with van der Waals surface area (Å²) in [5.41, 5.74) is 5.57. The predicted molar refractivity (Wildman–Crippen MR) is 61.0 cm³/mol. The van der Waals surface area contributed by atoms with Crippen LogP contribution in [0.15, 0.2) is 0 Å². The molecule has 0 amide bonds. The van der Waals surface area contributed by atoms with E-state index in [9.17, 15) is 0 Å². The fraction of sp³-hybridized carbons (Fsp3) is 0.667. The van der Waals surface area contributed by atoms with Gasteiger partial charge in [-0.1, -0.05) is 13.8 Å². The second-order valence-corrected chi connectivity index (χ2v) is 4.46. The Kier molecular flexibility index (Phi) is 3.12. The zero-order valence-corrected chi connectivity index (χ0v) is 9.81. The van der Waals surface area contributed by atoms with Gasteiger partial charge in [-0.15, -0.1) is 0 Å². The molecule has 0 radical (unpaired) electrons. The minimum Gasteiger partial charge on any atom is -0.376 e. The Balaban J connectivity index is 2.41. The number of hydrogen-bond donors (Lipinski definition) is 2. The first-order valence-corrected chi connectivity index (χ1v) is 5.68. The van der Waals surface area contributed by atoms with Crippen molar-refractivity contribution in [1.29, 1.82) is 0 Å². The molecule has 0 atom stereocenters. The van der Waals surface area contributed by atoms with Gasteiger partial charge in [-0.05, 0) is 18.5 Å². The lowest BCUT2D eigenvalue weighted by atomic mass is 10.0. The standard InChI is InChI=1S/C12H20N2O/c1-8(2)12-9(6-13-3)10-7-15-5-4-11(10)14-12/h8,13-14H,4-7H2,1-3H3. The molecule has 1 aromatic rings. The highest BCUT2D eigenvalue weighted by molar-refractivity contribution is 5.39. The topological polar surface area (TPSA) is 37.0 Å². The van der Waals surface area contributed by atoms with E-state index in [2.05, 4.69) is 24.1 Å². The number of nitrogens with one attached hydrogen (secondary N) is 2. The Morgan fingerprint density at radius 1 is 1.47 bits per heavy atom. The number of aromatic amines is 1. The summed E-state index contributed by atoms with van der Waals surface area (Å²) in [7, 11) is 1.99. The zero-order chi connectivity index (χ0) is 10.8. The molecule has 1 aliphatic rings. The highest BCUT2D eigenvalue weighted by Gasteiger charge is 2.20. The van der Waals surface area contributed by atoms with Gasteiger partial charge in [0.05, 0.1) is 13.2 Å². The Hall–Kier alpha value is -0.800. The first-order valence-electron chi connectivity index (χ1n) is 5.68. The van der Waals surface area contributed by atoms with Gasteiger partial charge in [0.15, 0.2) is 0 Å². The largest absolute Gasteiger partial charge is 0.376 e. The molecule has 2 rings (SSSR count). The van der Waals surface area contributed by atoms with Crippen molar-refractivity contribution in [3.05, 3.63) is 22.5 Å². The lowest BCUT2D eigenvalue weighted by molar-refractivity contribution is 0.109. The maximum Gasteiger partial charge on any atom is 0.0737 e. The molecule has 0 spiro atoms. The summed E-state index contributed by atoms with van der Waals surface area (Å²) < 4.78 is 5.53. The van der Waals surface area contributed by atoms with Crippen LogP contribution < -0.4 is 5.32 Å². The molecule has 0 fully saturated rings. The van der Waals surface area contributed by atoms with Gasteiger partial charge in [-0.2, -0.15) is 0 Å². The van der Waals surface area contributed by atoms with Gasteiger partial charge >= 0.3 is 0 Å². The van der Waals surface area contributed by atoms with Crippen molar-refractivity contribution in [2.45, 2.75) is 39.3 Å². The van der Waals surface area contributed by atoms with Crippen LogP contribution >= 0.6 is 0 Å². The summed E-state index contributed by atoms with van der Waals surface area (Å²) in [6, 6.07) is 0. The lowest BCUT2D eigenvalue weighted by Gasteiger charge is -2.14. The van der Waals surface area contributed by atoms with Gasteiger partial charge in [-0.25, -0.2) is 0 Å². The maximum atomic E-state index is 5.53. The summed E-state index contributed by atoms with van der Waals surface area (Å²) >= 11 is 0. The number of fused-ring (bicyclic) bond motifs is 1. The first kappa shape index (κ1) is 10.7. The van der Waals surface area contributed by atoms with E-state index in [-0.39, 0.29) is 0 Å². The number of aromatic nitrogens is 1. The van der Waals surface area contributed by atoms with Crippen LogP contribution in [-0.4, -0.2) is 18.6 Å². The predicted octanol–water partition coefficient (Wildman–Crippen LogP) is 1.93. The molecule has 0 aliphatic carbocycles. The molecule has 1 aromatic heterocycles. The molecule has 0 aromatic carbocycles. The monoisotopic (exact) mass is 208 g/mol. The van der Waals surface area contributed by atoms with Crippen LogP contribution in [0.4, 0.5) is 0 Å². The van der Waals surface area contributed by atoms with E-state index >= 15 is 0 Å². The van der Waals surface area contributed by atoms with E-state index < -0.39 is 0 Å². The SMILES string of the molecule is CNCc1c(C(C)C)[nH]c2c1COCC2. The molecule has 0 saturated heterocycles. The Morgan fingerprint density at radius 3 is 2.93 bits per heavy atom. The van der Waals surface area contributed by atoms with Crippen LogP contribution in [-0.2, 0) is 24.3 Å². The van der Waals surface area contributed by atoms with Crippen LogP contribution in [0.5, 0.6) is 0 Å². The molecule has 2 heterocycles. The van der Waals surface area contributed by atoms with Crippen LogP contribution in [0.3, 0.4) is 0 Å². The number of hydrogen-bond acceptors (Lipinski definition) is 2. The van der Waals surface area contributed by atoms with Crippen molar-refractivity contribution in [3.8, 4) is 0 Å².